The molecule has 0 saturated carbocycles. The van der Waals surface area contributed by atoms with Crippen LogP contribution in [0.15, 0.2) is 87.4 Å². The number of phosphoric acid groups is 4. The maximum Gasteiger partial charge on any atom is 0.478 e. The number of aliphatic hydroxyl groups excluding tert-OH is 4. The molecule has 0 radical (unpaired) electrons. The van der Waals surface area contributed by atoms with Crippen molar-refractivity contribution in [2.45, 2.75) is 177 Å². The fraction of sp³-hybridized carbons (Fsp3) is 0.706. The van der Waals surface area contributed by atoms with Crippen LogP contribution in [0.3, 0.4) is 0 Å². The summed E-state index contributed by atoms with van der Waals surface area (Å²) in [4.78, 5) is 235. The molecule has 139 heavy (non-hydrogen) atoms. The highest BCUT2D eigenvalue weighted by atomic mass is 31.3. The van der Waals surface area contributed by atoms with E-state index in [1.807, 2.05) is 16.9 Å². The average Bonchev–Trinajstić information content (AvgIpc) is 1.65. The van der Waals surface area contributed by atoms with Crippen molar-refractivity contribution in [2.75, 3.05) is 114 Å². The van der Waals surface area contributed by atoms with Crippen LogP contribution in [0.5, 0.6) is 0 Å². The lowest BCUT2D eigenvalue weighted by Crippen LogP contribution is -3.11. The van der Waals surface area contributed by atoms with Gasteiger partial charge in [0, 0.05) is 143 Å². The van der Waals surface area contributed by atoms with Crippen LogP contribution in [0.2, 0.25) is 0 Å². The van der Waals surface area contributed by atoms with Crippen LogP contribution in [-0.4, -0.2) is 274 Å². The van der Waals surface area contributed by atoms with Crippen molar-refractivity contribution >= 4 is 93.1 Å². The van der Waals surface area contributed by atoms with E-state index in [0.717, 1.165) is 62.7 Å². The number of ether oxygens (including phenoxy) is 8. The first-order chi connectivity index (χ1) is 63.8. The minimum Gasteiger partial charge on any atom is -0.778 e. The molecule has 8 rings (SSSR count). The number of hydrogen-bond donors (Lipinski definition) is 15. The van der Waals surface area contributed by atoms with E-state index >= 15 is 0 Å². The number of carbonyl (C=O) groups is 4. The molecule has 0 amide bonds. The van der Waals surface area contributed by atoms with E-state index in [1.165, 1.54) is 94.6 Å². The largest absolute Gasteiger partial charge is 0.778 e. The monoisotopic (exact) mass is 2190 g/mol. The molecule has 4 aliphatic rings. The molecule has 4 fully saturated rings. The highest BCUT2D eigenvalue weighted by molar-refractivity contribution is 7.72. The lowest BCUT2D eigenvalue weighted by molar-refractivity contribution is -0.894. The van der Waals surface area contributed by atoms with Gasteiger partial charge in [0.15, 0.2) is 56.9 Å². The Morgan fingerprint density at radius 3 is 0.871 bits per heavy atom. The quantitative estimate of drug-likeness (QED) is 0.0129. The Morgan fingerprint density at radius 2 is 0.655 bits per heavy atom. The third-order valence-corrected chi connectivity index (χ3v) is 31.3. The summed E-state index contributed by atoms with van der Waals surface area (Å²) in [6.45, 7) is 19.8. The zero-order chi connectivity index (χ0) is 106. The van der Waals surface area contributed by atoms with E-state index < -0.39 is 274 Å². The number of nitrogens with one attached hydrogen (secondary N) is 5. The molecular formula is C68H122N9O53P9-2. The molecule has 4 aromatic heterocycles. The van der Waals surface area contributed by atoms with E-state index in [1.54, 1.807) is 25.7 Å². The smallest absolute Gasteiger partial charge is 0.478 e. The van der Waals surface area contributed by atoms with Crippen LogP contribution in [-0.2, 0) is 147 Å². The van der Waals surface area contributed by atoms with Crippen LogP contribution in [0.25, 0.3) is 0 Å². The SMILES string of the molecule is C.CC(=O)O[C@@H]1[C@H](C)[C@@H](COP(=O)(O)O)O[C@H]1n1ccc(=O)[nH]c1=O.CC[C@H]1[C@@H](OC(C)=O)[C@H](n2ccc(=O)[nH]c2=O)O[C@@H]1CO.CC[C@H]1[C@@H](OC(C)=O)[C@H](n2ccc(=O)[nH]c2=O)O[C@@H]1COP(=O)(O)OP(=O)([O-])CP(=O)([O-])O.CC[C@H]1[C@@H](OC(C)=O)[C@H](n2ccc(=O)[nH]c2=O)O[C@@H]1COP(=O)(O)OP(=O)([O-])O.CC[NH+](CC)CC.COP(=O)(CO)OC.COP(=O)(CO)OC.COP(=O)(CO)OC. The van der Waals surface area contributed by atoms with Crippen LogP contribution >= 0.6 is 69.3 Å². The Kier molecular flexibility index (Phi) is 58.2. The summed E-state index contributed by atoms with van der Waals surface area (Å²) >= 11 is 0. The maximum absolute atomic E-state index is 12.2. The molecule has 21 atom stereocenters. The molecule has 4 saturated heterocycles. The minimum absolute atomic E-state index is 0. The number of phosphoric ester groups is 3. The van der Waals surface area contributed by atoms with Gasteiger partial charge in [0.25, 0.3) is 30.1 Å². The van der Waals surface area contributed by atoms with Crippen LogP contribution < -0.4 is 64.6 Å². The summed E-state index contributed by atoms with van der Waals surface area (Å²) in [5, 5.41) is 34.2. The molecule has 5 unspecified atom stereocenters. The van der Waals surface area contributed by atoms with E-state index in [9.17, 15) is 128 Å². The summed E-state index contributed by atoms with van der Waals surface area (Å²) < 4.78 is 194. The summed E-state index contributed by atoms with van der Waals surface area (Å²) in [5.41, 5.74) is -5.65. The molecule has 0 aliphatic carbocycles. The van der Waals surface area contributed by atoms with Crippen molar-refractivity contribution in [3.63, 3.8) is 0 Å². The maximum atomic E-state index is 12.2. The number of nitrogens with zero attached hydrogens (tertiary/aromatic N) is 4. The van der Waals surface area contributed by atoms with E-state index in [0.29, 0.717) is 12.8 Å². The normalized spacial score (nSPS) is 24.3. The number of carbonyl (C=O) groups excluding carboxylic acids is 4. The molecule has 0 aromatic carbocycles. The number of hydrogen-bond acceptors (Lipinski definition) is 47. The lowest BCUT2D eigenvalue weighted by Gasteiger charge is -2.29. The number of aromatic nitrogens is 8. The van der Waals surface area contributed by atoms with Gasteiger partial charge < -0.3 is 144 Å². The van der Waals surface area contributed by atoms with E-state index in [4.69, 9.17) is 72.8 Å². The molecule has 15 N–H and O–H groups in total. The number of esters is 4. The van der Waals surface area contributed by atoms with Crippen molar-refractivity contribution in [1.29, 1.82) is 0 Å². The van der Waals surface area contributed by atoms with Crippen LogP contribution in [0.1, 0.15) is 128 Å². The van der Waals surface area contributed by atoms with Gasteiger partial charge >= 0.3 is 92.9 Å². The predicted molar refractivity (Wildman–Crippen MR) is 470 cm³/mol. The van der Waals surface area contributed by atoms with Crippen LogP contribution in [0, 0.1) is 23.7 Å². The first kappa shape index (κ1) is 133. The third kappa shape index (κ3) is 46.2. The molecule has 4 aliphatic heterocycles. The molecule has 4 aromatic rings. The van der Waals surface area contributed by atoms with Crippen molar-refractivity contribution in [1.82, 2.24) is 38.2 Å². The number of aliphatic hydroxyl groups is 4. The Morgan fingerprint density at radius 1 is 0.403 bits per heavy atom. The third-order valence-electron chi connectivity index (χ3n) is 19.2. The average molecular weight is 2190 g/mol. The molecule has 8 heterocycles. The van der Waals surface area contributed by atoms with Gasteiger partial charge in [-0.25, -0.2) is 41.5 Å². The van der Waals surface area contributed by atoms with E-state index in [2.05, 4.69) is 80.1 Å². The highest BCUT2D eigenvalue weighted by Gasteiger charge is 2.52. The molecule has 62 nitrogen and oxygen atoms in total. The Hall–Kier alpha value is -6.49. The van der Waals surface area contributed by atoms with Gasteiger partial charge in [-0.3, -0.25) is 108 Å². The summed E-state index contributed by atoms with van der Waals surface area (Å²) in [6, 6.07) is 4.34. The molecular weight excluding hydrogens is 2070 g/mol. The van der Waals surface area contributed by atoms with Gasteiger partial charge in [-0.05, 0) is 40.0 Å². The van der Waals surface area contributed by atoms with E-state index in [-0.39, 0.29) is 26.4 Å². The van der Waals surface area contributed by atoms with Gasteiger partial charge in [-0.2, -0.15) is 0 Å². The lowest BCUT2D eigenvalue weighted by atomic mass is 9.95. The molecule has 804 valence electrons. The molecule has 0 spiro atoms. The van der Waals surface area contributed by atoms with Gasteiger partial charge in [0.2, 0.25) is 0 Å². The number of aromatic amines is 4. The number of rotatable bonds is 39. The minimum atomic E-state index is -5.55. The predicted octanol–water partition coefficient (Wildman–Crippen LogP) is -2.10. The van der Waals surface area contributed by atoms with Crippen molar-refractivity contribution in [3.05, 3.63) is 132 Å². The summed E-state index contributed by atoms with van der Waals surface area (Å²) in [7, 11) is -33.7. The highest BCUT2D eigenvalue weighted by Crippen LogP contribution is 2.62. The van der Waals surface area contributed by atoms with Crippen molar-refractivity contribution in [3.8, 4) is 0 Å². The second kappa shape index (κ2) is 61.1. The van der Waals surface area contributed by atoms with Gasteiger partial charge in [-0.1, -0.05) is 35.1 Å². The fourth-order valence-electron chi connectivity index (χ4n) is 12.6. The Labute approximate surface area is 791 Å². The number of H-pyrrole nitrogens is 4. The Balaban J connectivity index is 0.00000166. The van der Waals surface area contributed by atoms with Gasteiger partial charge in [0.1, 0.15) is 26.6 Å². The second-order valence-electron chi connectivity index (χ2n) is 28.4. The second-order valence-corrected chi connectivity index (χ2v) is 44.6. The zero-order valence-electron chi connectivity index (χ0n) is 77.1. The molecule has 0 bridgehead atoms. The molecule has 71 heteroatoms. The number of quaternary nitrogens is 1. The zero-order valence-corrected chi connectivity index (χ0v) is 85.1. The van der Waals surface area contributed by atoms with Crippen LogP contribution in [0.4, 0.5) is 0 Å². The van der Waals surface area contributed by atoms with Gasteiger partial charge in [0.05, 0.1) is 76.4 Å². The topological polar surface area (TPSA) is 893 Å². The fourth-order valence-corrected chi connectivity index (χ4v) is 19.8. The van der Waals surface area contributed by atoms with Crippen molar-refractivity contribution < 1.29 is 217 Å². The van der Waals surface area contributed by atoms with Crippen molar-refractivity contribution in [2.24, 2.45) is 23.7 Å². The van der Waals surface area contributed by atoms with Gasteiger partial charge in [-0.15, -0.1) is 0 Å². The standard InChI is InChI=1S/C14H23N2O14P3.C13H20N2O12P2.C13H18N2O6.C12H17N2O9P.C6H15N.3C3H9O4P.CH4/c1-3-9-10(6-27-33(25,26)30-32(23,24)7-31(20,21)22)29-13(12(9)28-8(2)17)16-5-4-11(18)15-14(16)19;1-3-8-9(6-24-29(22,23)27-28(19,20)21)26-12(11(8)25-7(2)16)15-5-4-10(17)14-13(15)18;1-3-8-9(6-16)21-12(11(8)20-7(2)17)15-5-4-10(18)14-13(15)19;1-6-8(5-21-24(18,19)20)23-11(10(6)22-7(2)15)14-4-3-9(16)13-12(14)17;1-4-7(5-2)6-3;3*1-6-8(5,3-4)7-2;/h4-5,9-10,12-13H,3,6-7H2,1-2H3,(H,23,24)(H,25,26)(H,15,18,19)(H2,20,21,22);4-5,8-9,11-12H,3,6H2,1-2H3,(H,22,23)(H,14,17,18)(H2,19,20,21);4-5,8-9,11-12,16H,3,6H2,1-2H3,(H,14,18,19);3-4,6,8,10-11H,5H2,1-2H3,(H,13,16,17)(H2,18,19,20);4-6H2,1-3H3;3*4H,3H2,1-2H3;1H4/p-2/t9-,10-,12-,13-;2*8-,9-,11-,12-;6-,8-,10-,11-;;;;;/m1111...../s1. The first-order valence-corrected chi connectivity index (χ1v) is 54.9. The Bertz CT molecular complexity index is 5370. The summed E-state index contributed by atoms with van der Waals surface area (Å²) in [5.74, 6) is -6.60. The summed E-state index contributed by atoms with van der Waals surface area (Å²) in [6.07, 6.45) is -7.61. The first-order valence-electron chi connectivity index (χ1n) is 40.2.